The lowest BCUT2D eigenvalue weighted by atomic mass is 10.0. The van der Waals surface area contributed by atoms with Gasteiger partial charge in [0.15, 0.2) is 0 Å². The fourth-order valence-corrected chi connectivity index (χ4v) is 3.96. The topological polar surface area (TPSA) is 32.8 Å². The lowest BCUT2D eigenvalue weighted by Gasteiger charge is -2.32. The van der Waals surface area contributed by atoms with Crippen LogP contribution in [0, 0.1) is 5.82 Å². The number of carbonyl (C=O) groups excluding carboxylic acids is 1. The number of Topliss-reactive ketones (excluding diaryl/α,β-unsaturated/α-hetero) is 1. The fraction of sp³-hybridized carbons (Fsp3) is 0.400. The SMILES string of the molecule is C=C/C=C\C=C1/CN(CCCN2CCC(Oc3ccc(F)cc3)CC2)C=C1C(=O)C(F)(F)F. The zero-order valence-electron chi connectivity index (χ0n) is 18.4. The molecule has 1 saturated heterocycles. The minimum Gasteiger partial charge on any atom is -0.490 e. The van der Waals surface area contributed by atoms with Gasteiger partial charge in [-0.3, -0.25) is 4.79 Å². The Morgan fingerprint density at radius 2 is 1.82 bits per heavy atom. The molecule has 2 aliphatic heterocycles. The smallest absolute Gasteiger partial charge is 0.454 e. The Kier molecular flexibility index (Phi) is 8.49. The first kappa shape index (κ1) is 24.8. The van der Waals surface area contributed by atoms with Gasteiger partial charge in [0.25, 0.3) is 5.78 Å². The van der Waals surface area contributed by atoms with Crippen LogP contribution in [0.3, 0.4) is 0 Å². The average Bonchev–Trinajstić information content (AvgIpc) is 3.18. The first-order chi connectivity index (χ1) is 15.8. The van der Waals surface area contributed by atoms with Crippen LogP contribution >= 0.6 is 0 Å². The fourth-order valence-electron chi connectivity index (χ4n) is 3.96. The number of benzene rings is 1. The van der Waals surface area contributed by atoms with Crippen molar-refractivity contribution < 1.29 is 27.1 Å². The van der Waals surface area contributed by atoms with Crippen LogP contribution in [0.25, 0.3) is 0 Å². The number of hydrogen-bond acceptors (Lipinski definition) is 4. The van der Waals surface area contributed by atoms with Crippen LogP contribution in [0.5, 0.6) is 5.75 Å². The monoisotopic (exact) mass is 464 g/mol. The highest BCUT2D eigenvalue weighted by Crippen LogP contribution is 2.30. The van der Waals surface area contributed by atoms with E-state index >= 15 is 0 Å². The van der Waals surface area contributed by atoms with Gasteiger partial charge in [0.2, 0.25) is 0 Å². The Bertz CT molecular complexity index is 911. The molecule has 1 fully saturated rings. The van der Waals surface area contributed by atoms with E-state index in [2.05, 4.69) is 11.5 Å². The molecule has 0 radical (unpaired) electrons. The molecule has 8 heteroatoms. The maximum absolute atomic E-state index is 13.0. The largest absolute Gasteiger partial charge is 0.490 e. The lowest BCUT2D eigenvalue weighted by molar-refractivity contribution is -0.166. The van der Waals surface area contributed by atoms with E-state index in [0.717, 1.165) is 38.9 Å². The summed E-state index contributed by atoms with van der Waals surface area (Å²) in [5.41, 5.74) is 0.0594. The molecule has 0 unspecified atom stereocenters. The predicted molar refractivity (Wildman–Crippen MR) is 119 cm³/mol. The molecule has 4 nitrogen and oxygen atoms in total. The molecule has 0 saturated carbocycles. The summed E-state index contributed by atoms with van der Waals surface area (Å²) in [5.74, 6) is -1.45. The van der Waals surface area contributed by atoms with Crippen LogP contribution in [0.15, 0.2) is 72.5 Å². The van der Waals surface area contributed by atoms with Gasteiger partial charge in [0.05, 0.1) is 0 Å². The number of ether oxygens (including phenoxy) is 1. The Labute approximate surface area is 191 Å². The summed E-state index contributed by atoms with van der Waals surface area (Å²) in [6.07, 6.45) is 5.23. The number of ketones is 1. The normalized spacial score (nSPS) is 19.3. The van der Waals surface area contributed by atoms with Gasteiger partial charge >= 0.3 is 6.18 Å². The molecule has 0 aromatic heterocycles. The van der Waals surface area contributed by atoms with Crippen LogP contribution in [-0.2, 0) is 4.79 Å². The van der Waals surface area contributed by atoms with E-state index in [9.17, 15) is 22.4 Å². The van der Waals surface area contributed by atoms with Crippen LogP contribution in [0.2, 0.25) is 0 Å². The van der Waals surface area contributed by atoms with E-state index in [-0.39, 0.29) is 24.0 Å². The van der Waals surface area contributed by atoms with Gasteiger partial charge in [0.1, 0.15) is 17.7 Å². The summed E-state index contributed by atoms with van der Waals surface area (Å²) in [6, 6.07) is 6.00. The van der Waals surface area contributed by atoms with Gasteiger partial charge in [-0.1, -0.05) is 30.9 Å². The number of carbonyl (C=O) groups is 1. The van der Waals surface area contributed by atoms with Crippen LogP contribution < -0.4 is 4.74 Å². The first-order valence-corrected chi connectivity index (χ1v) is 11.0. The summed E-state index contributed by atoms with van der Waals surface area (Å²) in [5, 5.41) is 0. The number of allylic oxidation sites excluding steroid dienone is 4. The van der Waals surface area contributed by atoms with E-state index in [4.69, 9.17) is 4.74 Å². The van der Waals surface area contributed by atoms with E-state index in [1.807, 2.05) is 0 Å². The Morgan fingerprint density at radius 1 is 1.12 bits per heavy atom. The number of nitrogens with zero attached hydrogens (tertiary/aromatic N) is 2. The second-order valence-electron chi connectivity index (χ2n) is 8.12. The molecule has 0 bridgehead atoms. The van der Waals surface area contributed by atoms with Crippen molar-refractivity contribution in [3.63, 3.8) is 0 Å². The zero-order chi connectivity index (χ0) is 23.8. The minimum absolute atomic E-state index is 0.0838. The molecule has 178 valence electrons. The van der Waals surface area contributed by atoms with Crippen LogP contribution in [-0.4, -0.2) is 60.6 Å². The van der Waals surface area contributed by atoms with Gasteiger partial charge in [-0.05, 0) is 55.6 Å². The Morgan fingerprint density at radius 3 is 2.45 bits per heavy atom. The van der Waals surface area contributed by atoms with E-state index in [0.29, 0.717) is 17.9 Å². The molecule has 33 heavy (non-hydrogen) atoms. The third-order valence-corrected chi connectivity index (χ3v) is 5.65. The van der Waals surface area contributed by atoms with Crippen molar-refractivity contribution in [1.29, 1.82) is 0 Å². The molecule has 0 aliphatic carbocycles. The predicted octanol–water partition coefficient (Wildman–Crippen LogP) is 5.06. The molecule has 0 N–H and O–H groups in total. The van der Waals surface area contributed by atoms with Gasteiger partial charge < -0.3 is 14.5 Å². The number of piperidine rings is 1. The molecule has 0 spiro atoms. The summed E-state index contributed by atoms with van der Waals surface area (Å²) in [4.78, 5) is 15.9. The van der Waals surface area contributed by atoms with Crippen molar-refractivity contribution in [2.75, 3.05) is 32.7 Å². The molecular formula is C25H28F4N2O2. The highest BCUT2D eigenvalue weighted by Gasteiger charge is 2.43. The molecule has 2 heterocycles. The minimum atomic E-state index is -4.90. The molecule has 1 aromatic rings. The average molecular weight is 465 g/mol. The summed E-state index contributed by atoms with van der Waals surface area (Å²) >= 11 is 0. The van der Waals surface area contributed by atoms with Gasteiger partial charge in [0, 0.05) is 38.0 Å². The number of halogens is 4. The van der Waals surface area contributed by atoms with Crippen molar-refractivity contribution in [3.05, 3.63) is 78.3 Å². The third-order valence-electron chi connectivity index (χ3n) is 5.65. The van der Waals surface area contributed by atoms with Gasteiger partial charge in [-0.2, -0.15) is 13.2 Å². The summed E-state index contributed by atoms with van der Waals surface area (Å²) in [6.45, 7) is 6.89. The van der Waals surface area contributed by atoms with Crippen molar-refractivity contribution in [2.45, 2.75) is 31.5 Å². The first-order valence-electron chi connectivity index (χ1n) is 11.0. The van der Waals surface area contributed by atoms with Crippen LogP contribution in [0.1, 0.15) is 19.3 Å². The summed E-state index contributed by atoms with van der Waals surface area (Å²) in [7, 11) is 0. The lowest BCUT2D eigenvalue weighted by Crippen LogP contribution is -2.39. The van der Waals surface area contributed by atoms with Crippen molar-refractivity contribution in [2.24, 2.45) is 0 Å². The molecule has 2 aliphatic rings. The molecule has 0 atom stereocenters. The second-order valence-corrected chi connectivity index (χ2v) is 8.12. The number of alkyl halides is 3. The molecule has 1 aromatic carbocycles. The van der Waals surface area contributed by atoms with Gasteiger partial charge in [-0.25, -0.2) is 4.39 Å². The highest BCUT2D eigenvalue weighted by molar-refractivity contribution is 6.04. The molecule has 0 amide bonds. The van der Waals surface area contributed by atoms with Crippen LogP contribution in [0.4, 0.5) is 17.6 Å². The van der Waals surface area contributed by atoms with E-state index < -0.39 is 12.0 Å². The van der Waals surface area contributed by atoms with E-state index in [1.54, 1.807) is 29.2 Å². The highest BCUT2D eigenvalue weighted by atomic mass is 19.4. The maximum Gasteiger partial charge on any atom is 0.454 e. The number of hydrogen-bond donors (Lipinski definition) is 0. The maximum atomic E-state index is 13.0. The third kappa shape index (κ3) is 7.32. The quantitative estimate of drug-likeness (QED) is 0.378. The van der Waals surface area contributed by atoms with Crippen molar-refractivity contribution in [3.8, 4) is 5.75 Å². The molecule has 3 rings (SSSR count). The second kappa shape index (κ2) is 11.3. The Hall–Kier alpha value is -2.87. The van der Waals surface area contributed by atoms with Gasteiger partial charge in [-0.15, -0.1) is 0 Å². The van der Waals surface area contributed by atoms with Crippen molar-refractivity contribution in [1.82, 2.24) is 9.80 Å². The van der Waals surface area contributed by atoms with Crippen molar-refractivity contribution >= 4 is 5.78 Å². The Balaban J connectivity index is 1.46. The molecular weight excluding hydrogens is 436 g/mol. The zero-order valence-corrected chi connectivity index (χ0v) is 18.4. The summed E-state index contributed by atoms with van der Waals surface area (Å²) < 4.78 is 57.8. The number of likely N-dealkylation sites (tertiary alicyclic amines) is 1. The van der Waals surface area contributed by atoms with E-state index in [1.165, 1.54) is 30.5 Å². The number of rotatable bonds is 9. The standard InChI is InChI=1S/C25H28F4N2O2/c1-2-3-4-6-19-17-31(18-23(19)24(32)25(27,28)29)14-5-13-30-15-11-22(12-16-30)33-21-9-7-20(26)8-10-21/h2-4,6-10,18,22H,1,5,11-17H2/b4-3-,19-6+.